The second-order valence-electron chi connectivity index (χ2n) is 6.68. The molecule has 7 heteroatoms. The van der Waals surface area contributed by atoms with Gasteiger partial charge in [0.25, 0.3) is 11.5 Å². The van der Waals surface area contributed by atoms with Gasteiger partial charge < -0.3 is 18.9 Å². The number of carbonyl (C=O) groups is 1. The molecule has 1 aromatic carbocycles. The zero-order valence-corrected chi connectivity index (χ0v) is 17.3. The summed E-state index contributed by atoms with van der Waals surface area (Å²) in [6.07, 6.45) is 1.44. The van der Waals surface area contributed by atoms with Crippen molar-refractivity contribution in [3.63, 3.8) is 0 Å². The Morgan fingerprint density at radius 3 is 2.48 bits per heavy atom. The lowest BCUT2D eigenvalue weighted by atomic mass is 10.1. The highest BCUT2D eigenvalue weighted by atomic mass is 79.9. The third-order valence-corrected chi connectivity index (χ3v) is 5.60. The normalized spacial score (nSPS) is 14.9. The molecule has 0 atom stereocenters. The van der Waals surface area contributed by atoms with E-state index < -0.39 is 0 Å². The molecule has 1 aliphatic heterocycles. The number of carbonyl (C=O) groups excluding carboxylic acids is 1. The maximum absolute atomic E-state index is 12.8. The van der Waals surface area contributed by atoms with E-state index in [-0.39, 0.29) is 17.6 Å². The number of halogens is 1. The number of aromatic nitrogens is 1. The highest BCUT2D eigenvalue weighted by molar-refractivity contribution is 9.10. The van der Waals surface area contributed by atoms with Crippen molar-refractivity contribution in [3.05, 3.63) is 56.4 Å². The van der Waals surface area contributed by atoms with Gasteiger partial charge in [-0.15, -0.1) is 0 Å². The Kier molecular flexibility index (Phi) is 5.89. The number of nitrogens with zero attached hydrogens (tertiary/aromatic N) is 2. The Bertz CT molecular complexity index is 901. The molecule has 0 saturated carbocycles. The molecule has 0 aliphatic carbocycles. The molecule has 6 nitrogen and oxygen atoms in total. The van der Waals surface area contributed by atoms with E-state index in [1.807, 2.05) is 30.0 Å². The summed E-state index contributed by atoms with van der Waals surface area (Å²) in [6, 6.07) is 8.76. The molecule has 2 aromatic rings. The van der Waals surface area contributed by atoms with E-state index >= 15 is 0 Å². The molecule has 1 aromatic heterocycles. The number of hydrogen-bond acceptors (Lipinski definition) is 4. The van der Waals surface area contributed by atoms with E-state index in [1.54, 1.807) is 24.8 Å². The number of methoxy groups -OCH3 is 1. The number of piperidine rings is 1. The van der Waals surface area contributed by atoms with Crippen LogP contribution in [0.3, 0.4) is 0 Å². The van der Waals surface area contributed by atoms with Crippen LogP contribution in [0.15, 0.2) is 39.6 Å². The van der Waals surface area contributed by atoms with Crippen LogP contribution in [0.4, 0.5) is 0 Å². The van der Waals surface area contributed by atoms with Gasteiger partial charge in [0.2, 0.25) is 0 Å². The summed E-state index contributed by atoms with van der Waals surface area (Å²) < 4.78 is 13.5. The fourth-order valence-corrected chi connectivity index (χ4v) is 3.56. The lowest BCUT2D eigenvalue weighted by Gasteiger charge is -2.32. The second-order valence-corrected chi connectivity index (χ2v) is 7.54. The van der Waals surface area contributed by atoms with E-state index in [0.717, 1.165) is 23.0 Å². The second kappa shape index (κ2) is 8.17. The summed E-state index contributed by atoms with van der Waals surface area (Å²) >= 11 is 3.44. The van der Waals surface area contributed by atoms with Crippen LogP contribution in [0.2, 0.25) is 0 Å². The van der Waals surface area contributed by atoms with Crippen LogP contribution >= 0.6 is 15.9 Å². The molecule has 0 unspecified atom stereocenters. The van der Waals surface area contributed by atoms with Crippen LogP contribution in [0, 0.1) is 6.92 Å². The molecule has 0 spiro atoms. The molecule has 27 heavy (non-hydrogen) atoms. The van der Waals surface area contributed by atoms with Crippen LogP contribution in [0.25, 0.3) is 0 Å². The van der Waals surface area contributed by atoms with Gasteiger partial charge in [0, 0.05) is 49.2 Å². The van der Waals surface area contributed by atoms with Crippen molar-refractivity contribution in [1.29, 1.82) is 0 Å². The number of benzene rings is 1. The zero-order chi connectivity index (χ0) is 19.6. The maximum atomic E-state index is 12.8. The third-order valence-electron chi connectivity index (χ3n) is 4.91. The fourth-order valence-electron chi connectivity index (χ4n) is 3.14. The molecule has 1 amide bonds. The van der Waals surface area contributed by atoms with E-state index in [2.05, 4.69) is 15.9 Å². The number of rotatable bonds is 4. The van der Waals surface area contributed by atoms with E-state index in [0.29, 0.717) is 30.2 Å². The summed E-state index contributed by atoms with van der Waals surface area (Å²) in [5, 5.41) is 0. The Balaban J connectivity index is 1.64. The first-order valence-electron chi connectivity index (χ1n) is 8.86. The lowest BCUT2D eigenvalue weighted by Crippen LogP contribution is -2.42. The van der Waals surface area contributed by atoms with Gasteiger partial charge in [0.05, 0.1) is 12.7 Å². The summed E-state index contributed by atoms with van der Waals surface area (Å²) in [7, 11) is 3.32. The highest BCUT2D eigenvalue weighted by Crippen LogP contribution is 2.26. The topological polar surface area (TPSA) is 60.8 Å². The number of pyridine rings is 1. The van der Waals surface area contributed by atoms with Gasteiger partial charge >= 0.3 is 0 Å². The summed E-state index contributed by atoms with van der Waals surface area (Å²) in [5.41, 5.74) is 1.37. The molecule has 0 N–H and O–H groups in total. The van der Waals surface area contributed by atoms with Crippen molar-refractivity contribution < 1.29 is 14.3 Å². The van der Waals surface area contributed by atoms with Crippen LogP contribution in [0.5, 0.6) is 11.5 Å². The summed E-state index contributed by atoms with van der Waals surface area (Å²) in [5.74, 6) is 1.22. The molecule has 0 radical (unpaired) electrons. The maximum Gasteiger partial charge on any atom is 0.255 e. The third kappa shape index (κ3) is 4.35. The van der Waals surface area contributed by atoms with Gasteiger partial charge in [0.15, 0.2) is 0 Å². The van der Waals surface area contributed by atoms with Crippen molar-refractivity contribution in [1.82, 2.24) is 9.47 Å². The van der Waals surface area contributed by atoms with Crippen molar-refractivity contribution in [2.45, 2.75) is 25.9 Å². The molecule has 2 heterocycles. The minimum absolute atomic E-state index is 0.00527. The first-order chi connectivity index (χ1) is 12.9. The number of aryl methyl sites for hydroxylation is 1. The average Bonchev–Trinajstić information content (AvgIpc) is 2.66. The Hall–Kier alpha value is -2.28. The van der Waals surface area contributed by atoms with Crippen LogP contribution in [0.1, 0.15) is 28.9 Å². The van der Waals surface area contributed by atoms with E-state index in [9.17, 15) is 9.59 Å². The Morgan fingerprint density at radius 2 is 1.85 bits per heavy atom. The minimum atomic E-state index is -0.0829. The quantitative estimate of drug-likeness (QED) is 0.741. The molecular formula is C20H23BrN2O4. The molecule has 144 valence electrons. The molecular weight excluding hydrogens is 412 g/mol. The monoisotopic (exact) mass is 434 g/mol. The molecule has 1 aliphatic rings. The van der Waals surface area contributed by atoms with Crippen molar-refractivity contribution >= 4 is 21.8 Å². The van der Waals surface area contributed by atoms with Gasteiger partial charge in [-0.3, -0.25) is 9.59 Å². The van der Waals surface area contributed by atoms with Gasteiger partial charge in [0.1, 0.15) is 17.6 Å². The van der Waals surface area contributed by atoms with Crippen LogP contribution < -0.4 is 15.0 Å². The van der Waals surface area contributed by atoms with Crippen molar-refractivity contribution in [3.8, 4) is 11.5 Å². The first kappa shape index (κ1) is 19.5. The molecule has 1 fully saturated rings. The predicted molar refractivity (Wildman–Crippen MR) is 107 cm³/mol. The van der Waals surface area contributed by atoms with Crippen LogP contribution in [-0.2, 0) is 7.05 Å². The zero-order valence-electron chi connectivity index (χ0n) is 15.7. The Morgan fingerprint density at radius 1 is 1.15 bits per heavy atom. The Labute approximate surface area is 166 Å². The standard InChI is InChI=1S/C20H23BrN2O4/c1-13-10-16(12-19(24)22(13)2)27-14-6-8-23(9-7-14)20(25)17-11-15(26-3)4-5-18(17)21/h4-5,10-12,14H,6-9H2,1-3H3. The van der Waals surface area contributed by atoms with Gasteiger partial charge in [-0.2, -0.15) is 0 Å². The summed E-state index contributed by atoms with van der Waals surface area (Å²) in [4.78, 5) is 26.6. The largest absolute Gasteiger partial charge is 0.497 e. The smallest absolute Gasteiger partial charge is 0.255 e. The van der Waals surface area contributed by atoms with Crippen molar-refractivity contribution in [2.24, 2.45) is 7.05 Å². The van der Waals surface area contributed by atoms with Gasteiger partial charge in [-0.25, -0.2) is 0 Å². The van der Waals surface area contributed by atoms with Gasteiger partial charge in [-0.1, -0.05) is 0 Å². The minimum Gasteiger partial charge on any atom is -0.497 e. The number of likely N-dealkylation sites (tertiary alicyclic amines) is 1. The predicted octanol–water partition coefficient (Wildman–Crippen LogP) is 3.15. The lowest BCUT2D eigenvalue weighted by molar-refractivity contribution is 0.0594. The van der Waals surface area contributed by atoms with E-state index in [4.69, 9.17) is 9.47 Å². The number of ether oxygens (including phenoxy) is 2. The van der Waals surface area contributed by atoms with E-state index in [1.165, 1.54) is 6.07 Å². The van der Waals surface area contributed by atoms with Crippen molar-refractivity contribution in [2.75, 3.05) is 20.2 Å². The fraction of sp³-hybridized carbons (Fsp3) is 0.400. The first-order valence-corrected chi connectivity index (χ1v) is 9.65. The molecule has 1 saturated heterocycles. The summed E-state index contributed by atoms with van der Waals surface area (Å²) in [6.45, 7) is 3.09. The SMILES string of the molecule is COc1ccc(Br)c(C(=O)N2CCC(Oc3cc(C)n(C)c(=O)c3)CC2)c1. The highest BCUT2D eigenvalue weighted by Gasteiger charge is 2.26. The number of amides is 1. The number of hydrogen-bond donors (Lipinski definition) is 0. The molecule has 3 rings (SSSR count). The van der Waals surface area contributed by atoms with Gasteiger partial charge in [-0.05, 0) is 47.1 Å². The average molecular weight is 435 g/mol. The van der Waals surface area contributed by atoms with Crippen LogP contribution in [-0.4, -0.2) is 41.7 Å². The molecule has 0 bridgehead atoms.